The van der Waals surface area contributed by atoms with E-state index < -0.39 is 0 Å². The molecule has 0 atom stereocenters. The van der Waals surface area contributed by atoms with Crippen LogP contribution >= 0.6 is 0 Å². The molecule has 4 rings (SSSR count). The number of nitrogens with zero attached hydrogens (tertiary/aromatic N) is 3. The van der Waals surface area contributed by atoms with E-state index in [1.807, 2.05) is 57.2 Å². The smallest absolute Gasteiger partial charge is 0.148 e. The van der Waals surface area contributed by atoms with Gasteiger partial charge in [-0.05, 0) is 31.2 Å². The fraction of sp³-hybridized carbons (Fsp3) is 0.176. The average molecular weight is 263 g/mol. The minimum atomic E-state index is 0.970. The quantitative estimate of drug-likeness (QED) is 0.471. The summed E-state index contributed by atoms with van der Waals surface area (Å²) in [5.41, 5.74) is 4.11. The lowest BCUT2D eigenvalue weighted by Crippen LogP contribution is -1.96. The summed E-state index contributed by atoms with van der Waals surface area (Å²) in [7, 11) is 0. The molecule has 0 unspecified atom stereocenters. The average Bonchev–Trinajstić information content (AvgIpc) is 2.90. The van der Waals surface area contributed by atoms with Crippen LogP contribution in [0, 0.1) is 6.92 Å². The lowest BCUT2D eigenvalue weighted by Gasteiger charge is -2.04. The van der Waals surface area contributed by atoms with Crippen molar-refractivity contribution in [1.82, 2.24) is 14.4 Å². The number of fused-ring (bicyclic) bond motifs is 5. The summed E-state index contributed by atoms with van der Waals surface area (Å²) in [6.45, 7) is 6.02. The molecule has 20 heavy (non-hydrogen) atoms. The Hall–Kier alpha value is -2.42. The van der Waals surface area contributed by atoms with Crippen LogP contribution in [0.5, 0.6) is 0 Å². The summed E-state index contributed by atoms with van der Waals surface area (Å²) in [5, 5.41) is 1.10. The van der Waals surface area contributed by atoms with Crippen LogP contribution in [0.2, 0.25) is 0 Å². The SMILES string of the molecule is CC.Cc1nc2ccccc2c2nc3ccccc3n12. The maximum Gasteiger partial charge on any atom is 0.148 e. The molecule has 0 bridgehead atoms. The van der Waals surface area contributed by atoms with E-state index in [1.165, 1.54) is 0 Å². The number of hydrogen-bond donors (Lipinski definition) is 0. The number of imidazole rings is 1. The Bertz CT molecular complexity index is 891. The van der Waals surface area contributed by atoms with Crippen LogP contribution in [0.1, 0.15) is 19.7 Å². The third-order valence-corrected chi connectivity index (χ3v) is 3.31. The Kier molecular flexibility index (Phi) is 3.11. The Morgan fingerprint density at radius 2 is 1.45 bits per heavy atom. The van der Waals surface area contributed by atoms with E-state index in [-0.39, 0.29) is 0 Å². The Balaban J connectivity index is 0.000000581. The molecule has 2 aromatic heterocycles. The van der Waals surface area contributed by atoms with Gasteiger partial charge in [0.1, 0.15) is 11.5 Å². The second-order valence-corrected chi connectivity index (χ2v) is 4.44. The molecule has 0 N–H and O–H groups in total. The van der Waals surface area contributed by atoms with Gasteiger partial charge < -0.3 is 0 Å². The van der Waals surface area contributed by atoms with E-state index in [1.54, 1.807) is 0 Å². The summed E-state index contributed by atoms with van der Waals surface area (Å²) in [4.78, 5) is 9.38. The van der Waals surface area contributed by atoms with Gasteiger partial charge in [-0.2, -0.15) is 0 Å². The van der Waals surface area contributed by atoms with Crippen molar-refractivity contribution in [3.63, 3.8) is 0 Å². The zero-order chi connectivity index (χ0) is 14.1. The van der Waals surface area contributed by atoms with E-state index in [4.69, 9.17) is 4.98 Å². The molecule has 0 spiro atoms. The van der Waals surface area contributed by atoms with Crippen LogP contribution in [0.3, 0.4) is 0 Å². The topological polar surface area (TPSA) is 30.2 Å². The molecule has 0 saturated carbocycles. The van der Waals surface area contributed by atoms with Crippen molar-refractivity contribution in [3.8, 4) is 0 Å². The number of hydrogen-bond acceptors (Lipinski definition) is 2. The molecule has 0 fully saturated rings. The fourth-order valence-corrected chi connectivity index (χ4v) is 2.52. The zero-order valence-corrected chi connectivity index (χ0v) is 12.0. The van der Waals surface area contributed by atoms with Crippen LogP contribution in [0.15, 0.2) is 48.5 Å². The first-order chi connectivity index (χ1) is 9.84. The number of para-hydroxylation sites is 3. The first-order valence-electron chi connectivity index (χ1n) is 6.97. The largest absolute Gasteiger partial charge is 0.280 e. The molecule has 0 saturated heterocycles. The van der Waals surface area contributed by atoms with Gasteiger partial charge in [0.25, 0.3) is 0 Å². The van der Waals surface area contributed by atoms with Gasteiger partial charge >= 0.3 is 0 Å². The molecule has 0 aliphatic rings. The first-order valence-corrected chi connectivity index (χ1v) is 6.97. The minimum Gasteiger partial charge on any atom is -0.280 e. The molecule has 0 amide bonds. The van der Waals surface area contributed by atoms with Gasteiger partial charge in [-0.15, -0.1) is 0 Å². The van der Waals surface area contributed by atoms with E-state index in [2.05, 4.69) is 21.5 Å². The third kappa shape index (κ3) is 1.74. The molecule has 0 radical (unpaired) electrons. The summed E-state index contributed by atoms with van der Waals surface area (Å²) >= 11 is 0. The van der Waals surface area contributed by atoms with E-state index in [0.29, 0.717) is 0 Å². The van der Waals surface area contributed by atoms with Crippen molar-refractivity contribution < 1.29 is 0 Å². The van der Waals surface area contributed by atoms with Gasteiger partial charge in [-0.25, -0.2) is 9.97 Å². The minimum absolute atomic E-state index is 0.970. The van der Waals surface area contributed by atoms with Gasteiger partial charge in [-0.3, -0.25) is 4.40 Å². The lowest BCUT2D eigenvalue weighted by atomic mass is 10.2. The van der Waals surface area contributed by atoms with Crippen molar-refractivity contribution >= 4 is 27.6 Å². The van der Waals surface area contributed by atoms with Crippen molar-refractivity contribution in [3.05, 3.63) is 54.4 Å². The molecular formula is C17H17N3. The molecule has 2 heterocycles. The van der Waals surface area contributed by atoms with Gasteiger partial charge in [-0.1, -0.05) is 38.1 Å². The maximum atomic E-state index is 4.73. The first kappa shape index (κ1) is 12.6. The Morgan fingerprint density at radius 1 is 0.800 bits per heavy atom. The standard InChI is InChI=1S/C15H11N3.C2H6/c1-10-16-12-7-3-2-6-11(12)15-17-13-8-4-5-9-14(13)18(10)15;1-2/h2-9H,1H3;1-2H3. The molecule has 4 aromatic rings. The second-order valence-electron chi connectivity index (χ2n) is 4.44. The molecule has 3 heteroatoms. The number of rotatable bonds is 0. The maximum absolute atomic E-state index is 4.73. The van der Waals surface area contributed by atoms with Gasteiger partial charge in [0.15, 0.2) is 0 Å². The van der Waals surface area contributed by atoms with Crippen LogP contribution in [-0.4, -0.2) is 14.4 Å². The van der Waals surface area contributed by atoms with Gasteiger partial charge in [0, 0.05) is 5.39 Å². The van der Waals surface area contributed by atoms with Crippen molar-refractivity contribution in [2.45, 2.75) is 20.8 Å². The predicted molar refractivity (Wildman–Crippen MR) is 84.1 cm³/mol. The third-order valence-electron chi connectivity index (χ3n) is 3.31. The van der Waals surface area contributed by atoms with Crippen LogP contribution < -0.4 is 0 Å². The van der Waals surface area contributed by atoms with Gasteiger partial charge in [0.2, 0.25) is 0 Å². The normalized spacial score (nSPS) is 10.8. The molecule has 3 nitrogen and oxygen atoms in total. The summed E-state index contributed by atoms with van der Waals surface area (Å²) in [6, 6.07) is 16.3. The fourth-order valence-electron chi connectivity index (χ4n) is 2.52. The Morgan fingerprint density at radius 3 is 2.25 bits per heavy atom. The van der Waals surface area contributed by atoms with E-state index >= 15 is 0 Å². The van der Waals surface area contributed by atoms with E-state index in [0.717, 1.165) is 33.4 Å². The highest BCUT2D eigenvalue weighted by molar-refractivity contribution is 5.96. The highest BCUT2D eigenvalue weighted by Gasteiger charge is 2.10. The lowest BCUT2D eigenvalue weighted by molar-refractivity contribution is 1.04. The number of aromatic nitrogens is 3. The molecule has 0 aliphatic heterocycles. The molecular weight excluding hydrogens is 246 g/mol. The molecule has 0 aliphatic carbocycles. The van der Waals surface area contributed by atoms with Crippen LogP contribution in [0.25, 0.3) is 27.6 Å². The summed E-state index contributed by atoms with van der Waals surface area (Å²) < 4.78 is 2.12. The number of benzene rings is 2. The van der Waals surface area contributed by atoms with Crippen LogP contribution in [-0.2, 0) is 0 Å². The summed E-state index contributed by atoms with van der Waals surface area (Å²) in [6.07, 6.45) is 0. The second kappa shape index (κ2) is 4.93. The highest BCUT2D eigenvalue weighted by atomic mass is 15.1. The highest BCUT2D eigenvalue weighted by Crippen LogP contribution is 2.23. The van der Waals surface area contributed by atoms with Crippen molar-refractivity contribution in [2.24, 2.45) is 0 Å². The van der Waals surface area contributed by atoms with Crippen molar-refractivity contribution in [2.75, 3.05) is 0 Å². The Labute approximate surface area is 117 Å². The zero-order valence-electron chi connectivity index (χ0n) is 12.0. The van der Waals surface area contributed by atoms with Crippen molar-refractivity contribution in [1.29, 1.82) is 0 Å². The molecule has 2 aromatic carbocycles. The predicted octanol–water partition coefficient (Wildman–Crippen LogP) is 4.37. The van der Waals surface area contributed by atoms with E-state index in [9.17, 15) is 0 Å². The van der Waals surface area contributed by atoms with Gasteiger partial charge in [0.05, 0.1) is 16.6 Å². The summed E-state index contributed by atoms with van der Waals surface area (Å²) in [5.74, 6) is 0.970. The molecule has 100 valence electrons. The monoisotopic (exact) mass is 263 g/mol. The van der Waals surface area contributed by atoms with Crippen LogP contribution in [0.4, 0.5) is 0 Å². The number of aryl methyl sites for hydroxylation is 1.